The molecule has 2 N–H and O–H groups in total. The van der Waals surface area contributed by atoms with Crippen LogP contribution in [0.3, 0.4) is 0 Å². The first-order valence-electron chi connectivity index (χ1n) is 7.53. The summed E-state index contributed by atoms with van der Waals surface area (Å²) in [6.45, 7) is 7.01. The topological polar surface area (TPSA) is 38.9 Å². The second kappa shape index (κ2) is 4.56. The van der Waals surface area contributed by atoms with Crippen molar-refractivity contribution in [2.75, 3.05) is 0 Å². The number of pyridine rings is 1. The zero-order chi connectivity index (χ0) is 14.4. The molecule has 106 valence electrons. The number of hydrogen-bond donors (Lipinski definition) is 1. The van der Waals surface area contributed by atoms with Crippen molar-refractivity contribution < 1.29 is 0 Å². The molecule has 0 saturated heterocycles. The van der Waals surface area contributed by atoms with Gasteiger partial charge in [0.1, 0.15) is 0 Å². The standard InChI is InChI=1S/C18H24N2/c1-13-10-17(2,3)12-18(19,11-13)15-7-4-8-16-14(15)6-5-9-20-16/h4-9,13H,10-12,19H2,1-3H3. The largest absolute Gasteiger partial charge is 0.321 e. The molecule has 1 aromatic carbocycles. The van der Waals surface area contributed by atoms with E-state index in [-0.39, 0.29) is 5.54 Å². The fraction of sp³-hybridized carbons (Fsp3) is 0.500. The number of fused-ring (bicyclic) bond motifs is 1. The molecule has 1 heterocycles. The molecule has 2 atom stereocenters. The van der Waals surface area contributed by atoms with Crippen molar-refractivity contribution in [1.29, 1.82) is 0 Å². The van der Waals surface area contributed by atoms with Crippen molar-refractivity contribution >= 4 is 10.9 Å². The van der Waals surface area contributed by atoms with Crippen molar-refractivity contribution in [3.8, 4) is 0 Å². The van der Waals surface area contributed by atoms with E-state index in [2.05, 4.69) is 50.0 Å². The van der Waals surface area contributed by atoms with E-state index < -0.39 is 0 Å². The molecule has 1 saturated carbocycles. The Bertz CT molecular complexity index is 627. The van der Waals surface area contributed by atoms with Crippen LogP contribution in [0.15, 0.2) is 36.5 Å². The van der Waals surface area contributed by atoms with E-state index in [0.717, 1.165) is 18.4 Å². The quantitative estimate of drug-likeness (QED) is 0.840. The van der Waals surface area contributed by atoms with Gasteiger partial charge in [-0.05, 0) is 48.3 Å². The molecule has 2 unspecified atom stereocenters. The molecular weight excluding hydrogens is 244 g/mol. The van der Waals surface area contributed by atoms with Gasteiger partial charge >= 0.3 is 0 Å². The Morgan fingerprint density at radius 2 is 1.95 bits per heavy atom. The molecule has 20 heavy (non-hydrogen) atoms. The molecule has 0 bridgehead atoms. The van der Waals surface area contributed by atoms with E-state index >= 15 is 0 Å². The van der Waals surface area contributed by atoms with Crippen LogP contribution in [0.25, 0.3) is 10.9 Å². The summed E-state index contributed by atoms with van der Waals surface area (Å²) >= 11 is 0. The Morgan fingerprint density at radius 3 is 2.70 bits per heavy atom. The van der Waals surface area contributed by atoms with Crippen LogP contribution in [0.5, 0.6) is 0 Å². The Labute approximate surface area is 121 Å². The third-order valence-corrected chi connectivity index (χ3v) is 4.59. The predicted molar refractivity (Wildman–Crippen MR) is 84.4 cm³/mol. The fourth-order valence-electron chi connectivity index (χ4n) is 4.38. The number of nitrogens with two attached hydrogens (primary N) is 1. The number of hydrogen-bond acceptors (Lipinski definition) is 2. The van der Waals surface area contributed by atoms with E-state index in [1.807, 2.05) is 12.3 Å². The molecule has 2 aromatic rings. The third-order valence-electron chi connectivity index (χ3n) is 4.59. The van der Waals surface area contributed by atoms with Gasteiger partial charge in [-0.15, -0.1) is 0 Å². The summed E-state index contributed by atoms with van der Waals surface area (Å²) in [5.41, 5.74) is 9.27. The van der Waals surface area contributed by atoms with Crippen molar-refractivity contribution in [3.63, 3.8) is 0 Å². The first kappa shape index (κ1) is 13.6. The highest BCUT2D eigenvalue weighted by Crippen LogP contribution is 2.48. The zero-order valence-electron chi connectivity index (χ0n) is 12.7. The molecule has 0 spiro atoms. The van der Waals surface area contributed by atoms with Crippen LogP contribution >= 0.6 is 0 Å². The minimum Gasteiger partial charge on any atom is -0.321 e. The SMILES string of the molecule is CC1CC(C)(C)CC(N)(c2cccc3ncccc23)C1. The third kappa shape index (κ3) is 2.33. The van der Waals surface area contributed by atoms with Crippen LogP contribution < -0.4 is 5.73 Å². The van der Waals surface area contributed by atoms with Gasteiger partial charge < -0.3 is 5.73 Å². The van der Waals surface area contributed by atoms with Crippen LogP contribution in [0.1, 0.15) is 45.6 Å². The van der Waals surface area contributed by atoms with Gasteiger partial charge in [0.15, 0.2) is 0 Å². The summed E-state index contributed by atoms with van der Waals surface area (Å²) in [6, 6.07) is 10.5. The van der Waals surface area contributed by atoms with Crippen molar-refractivity contribution in [2.24, 2.45) is 17.1 Å². The Hall–Kier alpha value is -1.41. The summed E-state index contributed by atoms with van der Waals surface area (Å²) in [7, 11) is 0. The first-order valence-corrected chi connectivity index (χ1v) is 7.53. The molecule has 1 aliphatic carbocycles. The molecule has 0 radical (unpaired) electrons. The van der Waals surface area contributed by atoms with Crippen LogP contribution in [0, 0.1) is 11.3 Å². The molecule has 1 aromatic heterocycles. The Kier molecular flexibility index (Phi) is 3.09. The number of aromatic nitrogens is 1. The van der Waals surface area contributed by atoms with Gasteiger partial charge in [0.25, 0.3) is 0 Å². The summed E-state index contributed by atoms with van der Waals surface area (Å²) < 4.78 is 0. The lowest BCUT2D eigenvalue weighted by Crippen LogP contribution is -2.46. The van der Waals surface area contributed by atoms with Gasteiger partial charge in [-0.3, -0.25) is 4.98 Å². The molecule has 2 heteroatoms. The molecule has 3 rings (SSSR count). The minimum absolute atomic E-state index is 0.232. The minimum atomic E-state index is -0.232. The second-order valence-electron chi connectivity index (χ2n) is 7.39. The normalized spacial score (nSPS) is 29.5. The highest BCUT2D eigenvalue weighted by molar-refractivity contribution is 5.83. The Morgan fingerprint density at radius 1 is 1.15 bits per heavy atom. The molecule has 0 amide bonds. The molecular formula is C18H24N2. The van der Waals surface area contributed by atoms with Crippen molar-refractivity contribution in [3.05, 3.63) is 42.1 Å². The van der Waals surface area contributed by atoms with Crippen LogP contribution in [-0.2, 0) is 5.54 Å². The van der Waals surface area contributed by atoms with Gasteiger partial charge in [0.05, 0.1) is 5.52 Å². The predicted octanol–water partition coefficient (Wildman–Crippen LogP) is 4.24. The van der Waals surface area contributed by atoms with Gasteiger partial charge in [0, 0.05) is 17.1 Å². The summed E-state index contributed by atoms with van der Waals surface area (Å²) in [4.78, 5) is 4.47. The highest BCUT2D eigenvalue weighted by atomic mass is 14.8. The monoisotopic (exact) mass is 268 g/mol. The zero-order valence-corrected chi connectivity index (χ0v) is 12.7. The lowest BCUT2D eigenvalue weighted by molar-refractivity contribution is 0.108. The molecule has 2 nitrogen and oxygen atoms in total. The maximum Gasteiger partial charge on any atom is 0.0705 e. The summed E-state index contributed by atoms with van der Waals surface area (Å²) in [6.07, 6.45) is 5.21. The smallest absolute Gasteiger partial charge is 0.0705 e. The average molecular weight is 268 g/mol. The van der Waals surface area contributed by atoms with E-state index in [4.69, 9.17) is 5.73 Å². The second-order valence-corrected chi connectivity index (χ2v) is 7.39. The number of rotatable bonds is 1. The fourth-order valence-corrected chi connectivity index (χ4v) is 4.38. The van der Waals surface area contributed by atoms with Crippen molar-refractivity contribution in [2.45, 2.75) is 45.6 Å². The van der Waals surface area contributed by atoms with E-state index in [9.17, 15) is 0 Å². The number of nitrogens with zero attached hydrogens (tertiary/aromatic N) is 1. The van der Waals surface area contributed by atoms with E-state index in [1.54, 1.807) is 0 Å². The van der Waals surface area contributed by atoms with E-state index in [0.29, 0.717) is 11.3 Å². The van der Waals surface area contributed by atoms with Gasteiger partial charge in [-0.1, -0.05) is 39.0 Å². The van der Waals surface area contributed by atoms with E-state index in [1.165, 1.54) is 17.4 Å². The summed E-state index contributed by atoms with van der Waals surface area (Å²) in [5.74, 6) is 0.663. The average Bonchev–Trinajstić information content (AvgIpc) is 2.35. The lowest BCUT2D eigenvalue weighted by atomic mass is 9.62. The molecule has 1 aliphatic rings. The van der Waals surface area contributed by atoms with Gasteiger partial charge in [-0.25, -0.2) is 0 Å². The maximum absolute atomic E-state index is 6.88. The van der Waals surface area contributed by atoms with Crippen LogP contribution in [-0.4, -0.2) is 4.98 Å². The first-order chi connectivity index (χ1) is 9.40. The van der Waals surface area contributed by atoms with Crippen LogP contribution in [0.2, 0.25) is 0 Å². The van der Waals surface area contributed by atoms with Gasteiger partial charge in [-0.2, -0.15) is 0 Å². The summed E-state index contributed by atoms with van der Waals surface area (Å²) in [5, 5.41) is 1.21. The molecule has 0 aliphatic heterocycles. The lowest BCUT2D eigenvalue weighted by Gasteiger charge is -2.46. The van der Waals surface area contributed by atoms with Crippen LogP contribution in [0.4, 0.5) is 0 Å². The maximum atomic E-state index is 6.88. The van der Waals surface area contributed by atoms with Gasteiger partial charge in [0.2, 0.25) is 0 Å². The number of benzene rings is 1. The van der Waals surface area contributed by atoms with Crippen molar-refractivity contribution in [1.82, 2.24) is 4.98 Å². The highest BCUT2D eigenvalue weighted by Gasteiger charge is 2.41. The Balaban J connectivity index is 2.14. The molecule has 1 fully saturated rings.